The van der Waals surface area contributed by atoms with Gasteiger partial charge in [-0.3, -0.25) is 19.2 Å². The molecule has 226 valence electrons. The molecule has 2 saturated heterocycles. The predicted octanol–water partition coefficient (Wildman–Crippen LogP) is 1.85. The van der Waals surface area contributed by atoms with Crippen molar-refractivity contribution in [3.8, 4) is 0 Å². The van der Waals surface area contributed by atoms with E-state index in [0.717, 1.165) is 0 Å². The molecule has 4 aliphatic rings. The van der Waals surface area contributed by atoms with Crippen LogP contribution in [-0.2, 0) is 52.4 Å². The average molecular weight is 579 g/mol. The van der Waals surface area contributed by atoms with E-state index >= 15 is 0 Å². The Hall–Kier alpha value is -3.25. The van der Waals surface area contributed by atoms with Gasteiger partial charge in [-0.2, -0.15) is 0 Å². The number of hydrogen-bond acceptors (Lipinski definition) is 12. The topological polar surface area (TPSA) is 164 Å². The first-order chi connectivity index (χ1) is 18.9. The van der Waals surface area contributed by atoms with Gasteiger partial charge < -0.3 is 33.5 Å². The Morgan fingerprint density at radius 2 is 1.56 bits per heavy atom. The molecule has 0 amide bonds. The Balaban J connectivity index is 2.05. The smallest absolute Gasteiger partial charge is 0.342 e. The van der Waals surface area contributed by atoms with Crippen LogP contribution in [-0.4, -0.2) is 82.3 Å². The van der Waals surface area contributed by atoms with Crippen molar-refractivity contribution in [3.05, 3.63) is 23.8 Å². The Kier molecular flexibility index (Phi) is 7.66. The highest BCUT2D eigenvalue weighted by Gasteiger charge is 2.88. The number of hydrogen-bond donors (Lipinski definition) is 1. The highest BCUT2D eigenvalue weighted by molar-refractivity contribution is 5.89. The number of ether oxygens (including phenoxy) is 6. The fraction of sp³-hybridized carbons (Fsp3) is 0.690. The number of esters is 5. The molecule has 2 aliphatic carbocycles. The van der Waals surface area contributed by atoms with E-state index < -0.39 is 88.5 Å². The van der Waals surface area contributed by atoms with Gasteiger partial charge in [0.05, 0.1) is 0 Å². The molecule has 0 saturated carbocycles. The van der Waals surface area contributed by atoms with Crippen molar-refractivity contribution in [1.29, 1.82) is 0 Å². The van der Waals surface area contributed by atoms with Gasteiger partial charge in [0.1, 0.15) is 30.0 Å². The van der Waals surface area contributed by atoms with E-state index in [2.05, 4.69) is 0 Å². The summed E-state index contributed by atoms with van der Waals surface area (Å²) in [6.45, 7) is 11.5. The van der Waals surface area contributed by atoms with E-state index in [4.69, 9.17) is 28.4 Å². The number of rotatable bonds is 5. The first kappa shape index (κ1) is 30.7. The van der Waals surface area contributed by atoms with Crippen molar-refractivity contribution < 1.29 is 57.5 Å². The van der Waals surface area contributed by atoms with E-state index in [-0.39, 0.29) is 12.8 Å². The van der Waals surface area contributed by atoms with Gasteiger partial charge in [-0.25, -0.2) is 4.79 Å². The largest absolute Gasteiger partial charge is 0.459 e. The zero-order chi connectivity index (χ0) is 30.7. The van der Waals surface area contributed by atoms with Crippen molar-refractivity contribution in [2.24, 2.45) is 11.3 Å². The van der Waals surface area contributed by atoms with Gasteiger partial charge in [0.2, 0.25) is 0 Å². The van der Waals surface area contributed by atoms with Gasteiger partial charge in [0.15, 0.2) is 17.3 Å². The van der Waals surface area contributed by atoms with Crippen molar-refractivity contribution in [3.63, 3.8) is 0 Å². The van der Waals surface area contributed by atoms with Crippen LogP contribution in [0.4, 0.5) is 0 Å². The highest BCUT2D eigenvalue weighted by Crippen LogP contribution is 2.65. The Labute approximate surface area is 238 Å². The zero-order valence-electron chi connectivity index (χ0n) is 24.5. The fourth-order valence-electron chi connectivity index (χ4n) is 6.92. The van der Waals surface area contributed by atoms with Gasteiger partial charge in [0, 0.05) is 44.9 Å². The lowest BCUT2D eigenvalue weighted by Gasteiger charge is -2.55. The van der Waals surface area contributed by atoms with Crippen LogP contribution in [0.15, 0.2) is 23.8 Å². The van der Waals surface area contributed by atoms with Gasteiger partial charge in [-0.1, -0.05) is 25.5 Å². The van der Waals surface area contributed by atoms with Crippen LogP contribution in [0.5, 0.6) is 0 Å². The van der Waals surface area contributed by atoms with Gasteiger partial charge in [-0.05, 0) is 32.9 Å². The molecule has 10 unspecified atom stereocenters. The van der Waals surface area contributed by atoms with Crippen LogP contribution >= 0.6 is 0 Å². The normalized spacial score (nSPS) is 42.8. The van der Waals surface area contributed by atoms with Crippen molar-refractivity contribution in [2.45, 2.75) is 116 Å². The molecule has 2 fully saturated rings. The van der Waals surface area contributed by atoms with Crippen LogP contribution in [0.3, 0.4) is 0 Å². The van der Waals surface area contributed by atoms with E-state index in [0.29, 0.717) is 5.57 Å². The first-order valence-electron chi connectivity index (χ1n) is 13.7. The number of aliphatic hydroxyl groups is 1. The van der Waals surface area contributed by atoms with Crippen molar-refractivity contribution >= 4 is 29.8 Å². The molecule has 10 atom stereocenters. The number of fused-ring (bicyclic) bond motifs is 1. The second-order valence-electron chi connectivity index (χ2n) is 11.9. The maximum Gasteiger partial charge on any atom is 0.342 e. The summed E-state index contributed by atoms with van der Waals surface area (Å²) in [4.78, 5) is 62.9. The molecule has 0 aromatic rings. The molecule has 41 heavy (non-hydrogen) atoms. The van der Waals surface area contributed by atoms with E-state index in [9.17, 15) is 29.1 Å². The standard InChI is InChI=1S/C29H38O12/c1-9-21(33)39-18-12-14(2)13-20-29(28(8,41-29)25(34)40-20)24(38-17(5)32)22-26(6,23(18)37-16(4)31)11-10-19(27(22,7)35)36-15(3)30/h10-11,13,18-20,22-24,35H,9,12H2,1-8H3. The molecule has 2 aliphatic heterocycles. The minimum atomic E-state index is -2.00. The SMILES string of the molecule is CCC(=O)OC1CC(C)=CC2OC(=O)C3(C)OC23C(OC(C)=O)C2C(C)(O)C(OC(C)=O)C=CC2(C)C1OC(C)=O. The molecule has 12 nitrogen and oxygen atoms in total. The van der Waals surface area contributed by atoms with Gasteiger partial charge in [-0.15, -0.1) is 0 Å². The third-order valence-electron chi connectivity index (χ3n) is 8.71. The maximum absolute atomic E-state index is 13.1. The van der Waals surface area contributed by atoms with Crippen molar-refractivity contribution in [1.82, 2.24) is 0 Å². The third kappa shape index (κ3) is 4.84. The Morgan fingerprint density at radius 3 is 2.10 bits per heavy atom. The zero-order valence-corrected chi connectivity index (χ0v) is 24.5. The molecular formula is C29H38O12. The molecule has 0 bridgehead atoms. The highest BCUT2D eigenvalue weighted by atomic mass is 16.7. The maximum atomic E-state index is 13.1. The summed E-state index contributed by atoms with van der Waals surface area (Å²) in [5.74, 6) is -4.61. The molecule has 1 spiro atoms. The minimum Gasteiger partial charge on any atom is -0.459 e. The summed E-state index contributed by atoms with van der Waals surface area (Å²) >= 11 is 0. The minimum absolute atomic E-state index is 0.0416. The summed E-state index contributed by atoms with van der Waals surface area (Å²) in [6.07, 6.45) is -1.14. The molecule has 4 rings (SSSR count). The lowest BCUT2D eigenvalue weighted by Crippen LogP contribution is -2.68. The summed E-state index contributed by atoms with van der Waals surface area (Å²) in [5.41, 5.74) is -5.93. The van der Waals surface area contributed by atoms with Crippen LogP contribution < -0.4 is 0 Å². The molecule has 0 radical (unpaired) electrons. The monoisotopic (exact) mass is 578 g/mol. The average Bonchev–Trinajstić information content (AvgIpc) is 3.43. The number of epoxide rings is 1. The number of carbonyl (C=O) groups excluding carboxylic acids is 5. The number of carbonyl (C=O) groups is 5. The molecule has 2 heterocycles. The fourth-order valence-corrected chi connectivity index (χ4v) is 6.92. The van der Waals surface area contributed by atoms with E-state index in [1.54, 1.807) is 32.9 Å². The Morgan fingerprint density at radius 1 is 0.976 bits per heavy atom. The molecular weight excluding hydrogens is 540 g/mol. The van der Waals surface area contributed by atoms with Gasteiger partial charge >= 0.3 is 29.8 Å². The second kappa shape index (κ2) is 10.2. The van der Waals surface area contributed by atoms with Gasteiger partial charge in [0.25, 0.3) is 0 Å². The van der Waals surface area contributed by atoms with Crippen molar-refractivity contribution in [2.75, 3.05) is 0 Å². The second-order valence-corrected chi connectivity index (χ2v) is 11.9. The van der Waals surface area contributed by atoms with Crippen LogP contribution in [0.2, 0.25) is 0 Å². The van der Waals surface area contributed by atoms with Crippen LogP contribution in [0.25, 0.3) is 0 Å². The van der Waals surface area contributed by atoms with Crippen LogP contribution in [0, 0.1) is 11.3 Å². The van der Waals surface area contributed by atoms with E-state index in [1.807, 2.05) is 0 Å². The summed E-state index contributed by atoms with van der Waals surface area (Å²) in [6, 6.07) is 0. The first-order valence-corrected chi connectivity index (χ1v) is 13.7. The van der Waals surface area contributed by atoms with E-state index in [1.165, 1.54) is 40.7 Å². The summed E-state index contributed by atoms with van der Waals surface area (Å²) in [7, 11) is 0. The molecule has 12 heteroatoms. The summed E-state index contributed by atoms with van der Waals surface area (Å²) in [5, 5.41) is 12.3. The Bertz CT molecular complexity index is 1220. The van der Waals surface area contributed by atoms with Crippen LogP contribution in [0.1, 0.15) is 68.2 Å². The lowest BCUT2D eigenvalue weighted by atomic mass is 9.55. The third-order valence-corrected chi connectivity index (χ3v) is 8.71. The predicted molar refractivity (Wildman–Crippen MR) is 139 cm³/mol. The lowest BCUT2D eigenvalue weighted by molar-refractivity contribution is -0.227. The summed E-state index contributed by atoms with van der Waals surface area (Å²) < 4.78 is 35.0. The quantitative estimate of drug-likeness (QED) is 0.218. The molecule has 1 N–H and O–H groups in total. The molecule has 0 aromatic heterocycles. The molecule has 0 aromatic carbocycles.